The van der Waals surface area contributed by atoms with Gasteiger partial charge in [0.1, 0.15) is 13.2 Å². The minimum atomic E-state index is -0.405. The van der Waals surface area contributed by atoms with Gasteiger partial charge in [-0.15, -0.1) is 5.10 Å². The van der Waals surface area contributed by atoms with E-state index >= 15 is 0 Å². The van der Waals surface area contributed by atoms with Gasteiger partial charge in [-0.3, -0.25) is 4.79 Å². The number of tetrazole rings is 1. The van der Waals surface area contributed by atoms with Crippen molar-refractivity contribution >= 4 is 23.4 Å². The van der Waals surface area contributed by atoms with Crippen LogP contribution in [0.3, 0.4) is 0 Å². The Kier molecular flexibility index (Phi) is 5.39. The number of rotatable bonds is 5. The number of nitrogens with one attached hydrogen (secondary N) is 1. The van der Waals surface area contributed by atoms with E-state index in [1.807, 2.05) is 39.0 Å². The molecule has 8 nitrogen and oxygen atoms in total. The fraction of sp³-hybridized carbons (Fsp3) is 0.300. The number of ether oxygens (including phenoxy) is 2. The van der Waals surface area contributed by atoms with E-state index in [-0.39, 0.29) is 5.91 Å². The molecule has 0 saturated heterocycles. The highest BCUT2D eigenvalue weighted by Gasteiger charge is 2.21. The standard InChI is InChI=1S/C20H21N5O3S/c1-12-4-5-13(2)16(10-12)25-20(22-23-24-25)29-14(3)19(26)21-15-6-7-17-18(11-15)28-9-8-27-17/h4-7,10-11,14H,8-9H2,1-3H3,(H,21,26)/t14-/m1/s1. The molecule has 29 heavy (non-hydrogen) atoms. The van der Waals surface area contributed by atoms with Gasteiger partial charge < -0.3 is 14.8 Å². The Morgan fingerprint density at radius 3 is 2.76 bits per heavy atom. The SMILES string of the molecule is Cc1ccc(C)c(-n2nnnc2S[C@H](C)C(=O)Nc2ccc3c(c2)OCCO3)c1. The smallest absolute Gasteiger partial charge is 0.237 e. The van der Waals surface area contributed by atoms with E-state index in [0.29, 0.717) is 35.6 Å². The van der Waals surface area contributed by atoms with Crippen LogP contribution in [0.4, 0.5) is 5.69 Å². The molecule has 0 bridgehead atoms. The van der Waals surface area contributed by atoms with Gasteiger partial charge >= 0.3 is 0 Å². The number of carbonyl (C=O) groups is 1. The van der Waals surface area contributed by atoms with Crippen molar-refractivity contribution < 1.29 is 14.3 Å². The molecule has 2 heterocycles. The zero-order valence-electron chi connectivity index (χ0n) is 16.4. The van der Waals surface area contributed by atoms with Crippen LogP contribution < -0.4 is 14.8 Å². The summed E-state index contributed by atoms with van der Waals surface area (Å²) in [5.74, 6) is 1.17. The summed E-state index contributed by atoms with van der Waals surface area (Å²) >= 11 is 1.30. The summed E-state index contributed by atoms with van der Waals surface area (Å²) in [4.78, 5) is 12.7. The van der Waals surface area contributed by atoms with Crippen LogP contribution in [0.5, 0.6) is 11.5 Å². The van der Waals surface area contributed by atoms with Crippen molar-refractivity contribution in [3.8, 4) is 17.2 Å². The average Bonchev–Trinajstić information content (AvgIpc) is 3.17. The zero-order chi connectivity index (χ0) is 20.4. The number of anilines is 1. The number of thioether (sulfide) groups is 1. The van der Waals surface area contributed by atoms with E-state index in [4.69, 9.17) is 9.47 Å². The van der Waals surface area contributed by atoms with Crippen LogP contribution in [0.1, 0.15) is 18.1 Å². The first-order chi connectivity index (χ1) is 14.0. The topological polar surface area (TPSA) is 91.2 Å². The normalized spacial score (nSPS) is 13.8. The molecule has 0 fully saturated rings. The molecule has 3 aromatic rings. The second-order valence-electron chi connectivity index (χ2n) is 6.77. The summed E-state index contributed by atoms with van der Waals surface area (Å²) in [5, 5.41) is 15.1. The van der Waals surface area contributed by atoms with E-state index in [1.165, 1.54) is 11.8 Å². The number of hydrogen-bond acceptors (Lipinski definition) is 7. The third-order valence-corrected chi connectivity index (χ3v) is 5.53. The Morgan fingerprint density at radius 2 is 1.93 bits per heavy atom. The lowest BCUT2D eigenvalue weighted by Gasteiger charge is -2.19. The Balaban J connectivity index is 1.47. The van der Waals surface area contributed by atoms with Gasteiger partial charge in [-0.25, -0.2) is 0 Å². The van der Waals surface area contributed by atoms with E-state index in [9.17, 15) is 4.79 Å². The summed E-state index contributed by atoms with van der Waals surface area (Å²) in [6, 6.07) is 11.4. The molecule has 0 aliphatic carbocycles. The van der Waals surface area contributed by atoms with Gasteiger partial charge in [-0.2, -0.15) is 4.68 Å². The third-order valence-electron chi connectivity index (χ3n) is 4.49. The molecule has 4 rings (SSSR count). The number of benzene rings is 2. The van der Waals surface area contributed by atoms with Crippen molar-refractivity contribution in [2.75, 3.05) is 18.5 Å². The van der Waals surface area contributed by atoms with Crippen LogP contribution in [0, 0.1) is 13.8 Å². The molecule has 0 unspecified atom stereocenters. The van der Waals surface area contributed by atoms with E-state index in [0.717, 1.165) is 16.8 Å². The first kappa shape index (κ1) is 19.3. The molecule has 0 saturated carbocycles. The summed E-state index contributed by atoms with van der Waals surface area (Å²) in [7, 11) is 0. The Bertz CT molecular complexity index is 1050. The van der Waals surface area contributed by atoms with Crippen molar-refractivity contribution in [1.82, 2.24) is 20.2 Å². The van der Waals surface area contributed by atoms with Crippen LogP contribution in [-0.2, 0) is 4.79 Å². The van der Waals surface area contributed by atoms with Crippen LogP contribution in [0.2, 0.25) is 0 Å². The Morgan fingerprint density at radius 1 is 1.14 bits per heavy atom. The number of fused-ring (bicyclic) bond motifs is 1. The van der Waals surface area contributed by atoms with Crippen molar-refractivity contribution in [2.45, 2.75) is 31.2 Å². The summed E-state index contributed by atoms with van der Waals surface area (Å²) < 4.78 is 12.7. The number of aryl methyl sites for hydroxylation is 2. The van der Waals surface area contributed by atoms with Crippen molar-refractivity contribution in [1.29, 1.82) is 0 Å². The monoisotopic (exact) mass is 411 g/mol. The van der Waals surface area contributed by atoms with Gasteiger partial charge in [0.05, 0.1) is 10.9 Å². The fourth-order valence-electron chi connectivity index (χ4n) is 2.93. The summed E-state index contributed by atoms with van der Waals surface area (Å²) in [6.07, 6.45) is 0. The second-order valence-corrected chi connectivity index (χ2v) is 8.08. The Hall–Kier alpha value is -3.07. The number of amides is 1. The lowest BCUT2D eigenvalue weighted by Crippen LogP contribution is -2.23. The maximum Gasteiger partial charge on any atom is 0.237 e. The lowest BCUT2D eigenvalue weighted by atomic mass is 10.1. The molecule has 1 aromatic heterocycles. The molecule has 1 atom stereocenters. The molecular formula is C20H21N5O3S. The molecular weight excluding hydrogens is 390 g/mol. The maximum absolute atomic E-state index is 12.7. The van der Waals surface area contributed by atoms with E-state index in [1.54, 1.807) is 22.9 Å². The highest BCUT2D eigenvalue weighted by atomic mass is 32.2. The molecule has 1 N–H and O–H groups in total. The van der Waals surface area contributed by atoms with Gasteiger partial charge in [0.2, 0.25) is 11.1 Å². The van der Waals surface area contributed by atoms with E-state index < -0.39 is 5.25 Å². The quantitative estimate of drug-likeness (QED) is 0.645. The van der Waals surface area contributed by atoms with Crippen LogP contribution in [-0.4, -0.2) is 44.6 Å². The molecule has 2 aromatic carbocycles. The number of hydrogen-bond donors (Lipinski definition) is 1. The summed E-state index contributed by atoms with van der Waals surface area (Å²) in [5.41, 5.74) is 3.72. The third kappa shape index (κ3) is 4.19. The molecule has 0 radical (unpaired) electrons. The highest BCUT2D eigenvalue weighted by Crippen LogP contribution is 2.33. The van der Waals surface area contributed by atoms with Gasteiger partial charge in [0.15, 0.2) is 11.5 Å². The predicted octanol–water partition coefficient (Wildman–Crippen LogP) is 3.17. The van der Waals surface area contributed by atoms with E-state index in [2.05, 4.69) is 20.8 Å². The second kappa shape index (κ2) is 8.12. The molecule has 0 spiro atoms. The molecule has 1 aliphatic rings. The largest absolute Gasteiger partial charge is 0.486 e. The number of carbonyl (C=O) groups excluding carboxylic acids is 1. The minimum Gasteiger partial charge on any atom is -0.486 e. The number of aromatic nitrogens is 4. The molecule has 9 heteroatoms. The van der Waals surface area contributed by atoms with Crippen LogP contribution in [0.25, 0.3) is 5.69 Å². The Labute approximate surface area is 172 Å². The van der Waals surface area contributed by atoms with Crippen molar-refractivity contribution in [2.24, 2.45) is 0 Å². The highest BCUT2D eigenvalue weighted by molar-refractivity contribution is 8.00. The first-order valence-electron chi connectivity index (χ1n) is 9.24. The zero-order valence-corrected chi connectivity index (χ0v) is 17.2. The fourth-order valence-corrected chi connectivity index (χ4v) is 3.73. The van der Waals surface area contributed by atoms with Crippen molar-refractivity contribution in [3.05, 3.63) is 47.5 Å². The first-order valence-corrected chi connectivity index (χ1v) is 10.1. The lowest BCUT2D eigenvalue weighted by molar-refractivity contribution is -0.115. The predicted molar refractivity (Wildman–Crippen MR) is 110 cm³/mol. The summed E-state index contributed by atoms with van der Waals surface area (Å²) in [6.45, 7) is 6.87. The van der Waals surface area contributed by atoms with Crippen molar-refractivity contribution in [3.63, 3.8) is 0 Å². The number of nitrogens with zero attached hydrogens (tertiary/aromatic N) is 4. The average molecular weight is 411 g/mol. The van der Waals surface area contributed by atoms with Gasteiger partial charge in [0.25, 0.3) is 0 Å². The molecule has 1 aliphatic heterocycles. The molecule has 1 amide bonds. The van der Waals surface area contributed by atoms with Crippen LogP contribution in [0.15, 0.2) is 41.6 Å². The van der Waals surface area contributed by atoms with Gasteiger partial charge in [0, 0.05) is 11.8 Å². The van der Waals surface area contributed by atoms with Crippen LogP contribution >= 0.6 is 11.8 Å². The molecule has 150 valence electrons. The maximum atomic E-state index is 12.7. The van der Waals surface area contributed by atoms with Gasteiger partial charge in [-0.05, 0) is 60.5 Å². The minimum absolute atomic E-state index is 0.151. The van der Waals surface area contributed by atoms with Gasteiger partial charge in [-0.1, -0.05) is 23.9 Å².